The lowest BCUT2D eigenvalue weighted by Crippen LogP contribution is -2.48. The molecular weight excluding hydrogens is 240 g/mol. The highest BCUT2D eigenvalue weighted by Gasteiger charge is 2.34. The van der Waals surface area contributed by atoms with E-state index in [1.165, 1.54) is 6.42 Å². The quantitative estimate of drug-likeness (QED) is 0.857. The van der Waals surface area contributed by atoms with Gasteiger partial charge in [0.15, 0.2) is 0 Å². The first kappa shape index (κ1) is 12.7. The molecular formula is C14H22N4O. The molecule has 1 aromatic heterocycles. The molecule has 5 heteroatoms. The second-order valence-corrected chi connectivity index (χ2v) is 5.82. The van der Waals surface area contributed by atoms with E-state index >= 15 is 0 Å². The predicted octanol–water partition coefficient (Wildman–Crippen LogP) is 1.09. The molecule has 0 spiro atoms. The van der Waals surface area contributed by atoms with Gasteiger partial charge in [0.1, 0.15) is 0 Å². The first-order valence-electron chi connectivity index (χ1n) is 7.27. The second kappa shape index (κ2) is 5.33. The minimum atomic E-state index is -0.0102. The van der Waals surface area contributed by atoms with Gasteiger partial charge in [0.2, 0.25) is 5.91 Å². The minimum absolute atomic E-state index is 0.0102. The van der Waals surface area contributed by atoms with Crippen molar-refractivity contribution in [3.8, 4) is 0 Å². The Morgan fingerprint density at radius 1 is 1.42 bits per heavy atom. The average Bonchev–Trinajstić information content (AvgIpc) is 3.07. The summed E-state index contributed by atoms with van der Waals surface area (Å²) in [6, 6.07) is 0.600. The highest BCUT2D eigenvalue weighted by atomic mass is 16.2. The first-order chi connectivity index (χ1) is 9.25. The van der Waals surface area contributed by atoms with Gasteiger partial charge in [-0.3, -0.25) is 4.79 Å². The summed E-state index contributed by atoms with van der Waals surface area (Å²) < 4.78 is 2.13. The van der Waals surface area contributed by atoms with Crippen molar-refractivity contribution in [3.63, 3.8) is 0 Å². The SMILES string of the molecule is CC1CCNC1C(=O)NC1CCCC1n1ccnc1. The van der Waals surface area contributed by atoms with Crippen LogP contribution in [0.25, 0.3) is 0 Å². The summed E-state index contributed by atoms with van der Waals surface area (Å²) in [4.78, 5) is 16.4. The Hall–Kier alpha value is -1.36. The summed E-state index contributed by atoms with van der Waals surface area (Å²) in [5, 5.41) is 6.54. The van der Waals surface area contributed by atoms with Gasteiger partial charge >= 0.3 is 0 Å². The molecule has 1 aliphatic carbocycles. The molecule has 0 radical (unpaired) electrons. The maximum atomic E-state index is 12.3. The van der Waals surface area contributed by atoms with Crippen LogP contribution in [-0.4, -0.2) is 34.1 Å². The van der Waals surface area contributed by atoms with Crippen molar-refractivity contribution >= 4 is 5.91 Å². The molecule has 1 saturated heterocycles. The largest absolute Gasteiger partial charge is 0.350 e. The monoisotopic (exact) mass is 262 g/mol. The van der Waals surface area contributed by atoms with Crippen LogP contribution < -0.4 is 10.6 Å². The summed E-state index contributed by atoms with van der Waals surface area (Å²) in [6.45, 7) is 3.10. The molecule has 1 saturated carbocycles. The van der Waals surface area contributed by atoms with Crippen molar-refractivity contribution in [1.29, 1.82) is 0 Å². The van der Waals surface area contributed by atoms with Crippen molar-refractivity contribution in [1.82, 2.24) is 20.2 Å². The highest BCUT2D eigenvalue weighted by Crippen LogP contribution is 2.30. The van der Waals surface area contributed by atoms with Crippen LogP contribution in [0.2, 0.25) is 0 Å². The molecule has 2 aliphatic rings. The fourth-order valence-electron chi connectivity index (χ4n) is 3.39. The van der Waals surface area contributed by atoms with Crippen LogP contribution in [-0.2, 0) is 4.79 Å². The Kier molecular flexibility index (Phi) is 3.55. The van der Waals surface area contributed by atoms with E-state index in [1.807, 2.05) is 12.5 Å². The second-order valence-electron chi connectivity index (χ2n) is 5.82. The Bertz CT molecular complexity index is 431. The fourth-order valence-corrected chi connectivity index (χ4v) is 3.39. The number of carbonyl (C=O) groups excluding carboxylic acids is 1. The number of nitrogens with zero attached hydrogens (tertiary/aromatic N) is 2. The zero-order chi connectivity index (χ0) is 13.2. The number of amides is 1. The van der Waals surface area contributed by atoms with E-state index in [0.29, 0.717) is 12.0 Å². The lowest BCUT2D eigenvalue weighted by atomic mass is 10.0. The van der Waals surface area contributed by atoms with Crippen molar-refractivity contribution in [3.05, 3.63) is 18.7 Å². The zero-order valence-electron chi connectivity index (χ0n) is 11.4. The topological polar surface area (TPSA) is 59.0 Å². The number of aromatic nitrogens is 2. The van der Waals surface area contributed by atoms with E-state index in [2.05, 4.69) is 27.1 Å². The Balaban J connectivity index is 1.64. The third-order valence-electron chi connectivity index (χ3n) is 4.53. The van der Waals surface area contributed by atoms with Crippen LogP contribution in [0, 0.1) is 5.92 Å². The van der Waals surface area contributed by atoms with Crippen molar-refractivity contribution < 1.29 is 4.79 Å². The lowest BCUT2D eigenvalue weighted by Gasteiger charge is -2.25. The van der Waals surface area contributed by atoms with Gasteiger partial charge in [0, 0.05) is 18.4 Å². The number of hydrogen-bond donors (Lipinski definition) is 2. The number of carbonyl (C=O) groups is 1. The molecule has 2 heterocycles. The smallest absolute Gasteiger partial charge is 0.237 e. The summed E-state index contributed by atoms with van der Waals surface area (Å²) >= 11 is 0. The molecule has 4 atom stereocenters. The molecule has 4 unspecified atom stereocenters. The normalized spacial score (nSPS) is 34.6. The number of imidazole rings is 1. The molecule has 0 bridgehead atoms. The summed E-state index contributed by atoms with van der Waals surface area (Å²) in [5.74, 6) is 0.607. The molecule has 2 fully saturated rings. The molecule has 0 aromatic carbocycles. The van der Waals surface area contributed by atoms with Crippen LogP contribution in [0.4, 0.5) is 0 Å². The van der Waals surface area contributed by atoms with Gasteiger partial charge in [-0.05, 0) is 38.1 Å². The molecule has 5 nitrogen and oxygen atoms in total. The number of rotatable bonds is 3. The van der Waals surface area contributed by atoms with Crippen LogP contribution in [0.1, 0.15) is 38.6 Å². The van der Waals surface area contributed by atoms with Crippen molar-refractivity contribution in [2.75, 3.05) is 6.54 Å². The van der Waals surface area contributed by atoms with E-state index in [0.717, 1.165) is 25.8 Å². The molecule has 1 amide bonds. The minimum Gasteiger partial charge on any atom is -0.350 e. The zero-order valence-corrected chi connectivity index (χ0v) is 11.4. The van der Waals surface area contributed by atoms with Crippen LogP contribution >= 0.6 is 0 Å². The molecule has 3 rings (SSSR count). The standard InChI is InChI=1S/C14H22N4O/c1-10-5-6-16-13(10)14(19)17-11-3-2-4-12(11)18-8-7-15-9-18/h7-13,16H,2-6H2,1H3,(H,17,19). The number of nitrogens with one attached hydrogen (secondary N) is 2. The third-order valence-corrected chi connectivity index (χ3v) is 4.53. The maximum absolute atomic E-state index is 12.3. The van der Waals surface area contributed by atoms with E-state index in [9.17, 15) is 4.79 Å². The first-order valence-corrected chi connectivity index (χ1v) is 7.27. The van der Waals surface area contributed by atoms with E-state index < -0.39 is 0 Å². The fraction of sp³-hybridized carbons (Fsp3) is 0.714. The van der Waals surface area contributed by atoms with Gasteiger partial charge < -0.3 is 15.2 Å². The van der Waals surface area contributed by atoms with E-state index in [4.69, 9.17) is 0 Å². The van der Waals surface area contributed by atoms with Gasteiger partial charge in [0.25, 0.3) is 0 Å². The molecule has 1 aliphatic heterocycles. The summed E-state index contributed by atoms with van der Waals surface area (Å²) in [5.41, 5.74) is 0. The van der Waals surface area contributed by atoms with Gasteiger partial charge in [-0.1, -0.05) is 6.92 Å². The third kappa shape index (κ3) is 2.52. The maximum Gasteiger partial charge on any atom is 0.237 e. The Labute approximate surface area is 113 Å². The molecule has 19 heavy (non-hydrogen) atoms. The van der Waals surface area contributed by atoms with Crippen LogP contribution in [0.15, 0.2) is 18.7 Å². The molecule has 1 aromatic rings. The van der Waals surface area contributed by atoms with Gasteiger partial charge in [-0.25, -0.2) is 4.98 Å². The lowest BCUT2D eigenvalue weighted by molar-refractivity contribution is -0.124. The number of hydrogen-bond acceptors (Lipinski definition) is 3. The summed E-state index contributed by atoms with van der Waals surface area (Å²) in [6.07, 6.45) is 10.1. The average molecular weight is 262 g/mol. The van der Waals surface area contributed by atoms with Gasteiger partial charge in [0.05, 0.1) is 18.4 Å². The summed E-state index contributed by atoms with van der Waals surface area (Å²) in [7, 11) is 0. The van der Waals surface area contributed by atoms with Crippen molar-refractivity contribution in [2.45, 2.75) is 50.7 Å². The van der Waals surface area contributed by atoms with E-state index in [1.54, 1.807) is 6.20 Å². The van der Waals surface area contributed by atoms with Crippen LogP contribution in [0.5, 0.6) is 0 Å². The highest BCUT2D eigenvalue weighted by molar-refractivity contribution is 5.82. The molecule has 104 valence electrons. The van der Waals surface area contributed by atoms with Crippen molar-refractivity contribution in [2.24, 2.45) is 5.92 Å². The van der Waals surface area contributed by atoms with Gasteiger partial charge in [-0.15, -0.1) is 0 Å². The predicted molar refractivity (Wildman–Crippen MR) is 72.6 cm³/mol. The Morgan fingerprint density at radius 2 is 2.32 bits per heavy atom. The Morgan fingerprint density at radius 3 is 3.00 bits per heavy atom. The van der Waals surface area contributed by atoms with Gasteiger partial charge in [-0.2, -0.15) is 0 Å². The van der Waals surface area contributed by atoms with E-state index in [-0.39, 0.29) is 18.0 Å². The van der Waals surface area contributed by atoms with Crippen LogP contribution in [0.3, 0.4) is 0 Å². The molecule has 2 N–H and O–H groups in total.